The molecule has 1 N–H and O–H groups in total. The van der Waals surface area contributed by atoms with Gasteiger partial charge in [0, 0.05) is 6.54 Å². The second kappa shape index (κ2) is 5.18. The first-order chi connectivity index (χ1) is 8.28. The SMILES string of the molecule is CCC1(CNc2cccc(C#N)n2)CCCC1. The summed E-state index contributed by atoms with van der Waals surface area (Å²) < 4.78 is 0. The molecule has 1 fully saturated rings. The van der Waals surface area contributed by atoms with Gasteiger partial charge in [0.25, 0.3) is 0 Å². The number of rotatable bonds is 4. The van der Waals surface area contributed by atoms with Crippen molar-refractivity contribution in [3.05, 3.63) is 23.9 Å². The lowest BCUT2D eigenvalue weighted by Gasteiger charge is -2.27. The Morgan fingerprint density at radius 3 is 2.82 bits per heavy atom. The van der Waals surface area contributed by atoms with Gasteiger partial charge in [-0.1, -0.05) is 25.8 Å². The molecule has 90 valence electrons. The molecule has 1 saturated carbocycles. The minimum absolute atomic E-state index is 0.449. The van der Waals surface area contributed by atoms with Gasteiger partial charge in [0.15, 0.2) is 0 Å². The average Bonchev–Trinajstić information content (AvgIpc) is 2.86. The van der Waals surface area contributed by atoms with E-state index in [9.17, 15) is 0 Å². The van der Waals surface area contributed by atoms with Crippen LogP contribution in [-0.2, 0) is 0 Å². The van der Waals surface area contributed by atoms with Gasteiger partial charge in [-0.15, -0.1) is 0 Å². The van der Waals surface area contributed by atoms with Crippen molar-refractivity contribution in [2.75, 3.05) is 11.9 Å². The third-order valence-corrected chi connectivity index (χ3v) is 3.92. The van der Waals surface area contributed by atoms with Crippen LogP contribution < -0.4 is 5.32 Å². The molecule has 0 unspecified atom stereocenters. The largest absolute Gasteiger partial charge is 0.369 e. The quantitative estimate of drug-likeness (QED) is 0.861. The molecule has 1 aromatic heterocycles. The van der Waals surface area contributed by atoms with Gasteiger partial charge >= 0.3 is 0 Å². The van der Waals surface area contributed by atoms with Gasteiger partial charge in [-0.25, -0.2) is 4.98 Å². The summed E-state index contributed by atoms with van der Waals surface area (Å²) in [6, 6.07) is 7.61. The van der Waals surface area contributed by atoms with Crippen molar-refractivity contribution in [3.8, 4) is 6.07 Å². The van der Waals surface area contributed by atoms with Crippen LogP contribution in [-0.4, -0.2) is 11.5 Å². The molecule has 3 nitrogen and oxygen atoms in total. The van der Waals surface area contributed by atoms with E-state index in [1.54, 1.807) is 6.07 Å². The van der Waals surface area contributed by atoms with Gasteiger partial charge in [0.05, 0.1) is 0 Å². The first-order valence-corrected chi connectivity index (χ1v) is 6.39. The first-order valence-electron chi connectivity index (χ1n) is 6.39. The first kappa shape index (κ1) is 11.9. The molecular weight excluding hydrogens is 210 g/mol. The molecule has 0 saturated heterocycles. The molecule has 1 aliphatic rings. The monoisotopic (exact) mass is 229 g/mol. The Morgan fingerprint density at radius 1 is 1.41 bits per heavy atom. The molecule has 0 amide bonds. The van der Waals surface area contributed by atoms with E-state index in [-0.39, 0.29) is 0 Å². The summed E-state index contributed by atoms with van der Waals surface area (Å²) in [6.45, 7) is 3.25. The summed E-state index contributed by atoms with van der Waals surface area (Å²) in [5.74, 6) is 0.823. The number of hydrogen-bond donors (Lipinski definition) is 1. The molecule has 0 atom stereocenters. The lowest BCUT2D eigenvalue weighted by molar-refractivity contribution is 0.306. The van der Waals surface area contributed by atoms with Crippen LogP contribution in [0.3, 0.4) is 0 Å². The summed E-state index contributed by atoms with van der Waals surface area (Å²) in [6.07, 6.45) is 6.54. The highest BCUT2D eigenvalue weighted by atomic mass is 15.0. The number of nitrogens with one attached hydrogen (secondary N) is 1. The summed E-state index contributed by atoms with van der Waals surface area (Å²) in [7, 11) is 0. The van der Waals surface area contributed by atoms with Gasteiger partial charge in [0.2, 0.25) is 0 Å². The van der Waals surface area contributed by atoms with Gasteiger partial charge in [-0.3, -0.25) is 0 Å². The van der Waals surface area contributed by atoms with Crippen molar-refractivity contribution in [2.45, 2.75) is 39.0 Å². The lowest BCUT2D eigenvalue weighted by Crippen LogP contribution is -2.26. The van der Waals surface area contributed by atoms with Crippen molar-refractivity contribution in [3.63, 3.8) is 0 Å². The molecule has 0 spiro atoms. The van der Waals surface area contributed by atoms with E-state index in [2.05, 4.69) is 23.3 Å². The Hall–Kier alpha value is -1.56. The second-order valence-electron chi connectivity index (χ2n) is 4.93. The van der Waals surface area contributed by atoms with E-state index in [0.717, 1.165) is 12.4 Å². The molecule has 0 aromatic carbocycles. The zero-order valence-electron chi connectivity index (χ0n) is 10.4. The second-order valence-corrected chi connectivity index (χ2v) is 4.93. The molecular formula is C14H19N3. The minimum atomic E-state index is 0.449. The third kappa shape index (κ3) is 2.76. The van der Waals surface area contributed by atoms with Gasteiger partial charge in [-0.2, -0.15) is 5.26 Å². The smallest absolute Gasteiger partial charge is 0.142 e. The molecule has 1 heterocycles. The fraction of sp³-hybridized carbons (Fsp3) is 0.571. The van der Waals surface area contributed by atoms with Crippen molar-refractivity contribution in [2.24, 2.45) is 5.41 Å². The van der Waals surface area contributed by atoms with Gasteiger partial charge in [0.1, 0.15) is 17.6 Å². The fourth-order valence-electron chi connectivity index (χ4n) is 2.65. The average molecular weight is 229 g/mol. The minimum Gasteiger partial charge on any atom is -0.369 e. The predicted octanol–water partition coefficient (Wildman–Crippen LogP) is 3.34. The van der Waals surface area contributed by atoms with E-state index < -0.39 is 0 Å². The Kier molecular flexibility index (Phi) is 3.63. The zero-order chi connectivity index (χ0) is 12.1. The van der Waals surface area contributed by atoms with Crippen LogP contribution in [0.15, 0.2) is 18.2 Å². The summed E-state index contributed by atoms with van der Waals surface area (Å²) in [5.41, 5.74) is 0.927. The number of anilines is 1. The number of hydrogen-bond acceptors (Lipinski definition) is 3. The number of pyridine rings is 1. The van der Waals surface area contributed by atoms with Crippen LogP contribution in [0.25, 0.3) is 0 Å². The molecule has 1 aliphatic carbocycles. The maximum Gasteiger partial charge on any atom is 0.142 e. The molecule has 0 aliphatic heterocycles. The van der Waals surface area contributed by atoms with Crippen LogP contribution in [0.4, 0.5) is 5.82 Å². The molecule has 0 bridgehead atoms. The number of nitrogens with zero attached hydrogens (tertiary/aromatic N) is 2. The predicted molar refractivity (Wildman–Crippen MR) is 68.6 cm³/mol. The molecule has 0 radical (unpaired) electrons. The molecule has 2 rings (SSSR count). The van der Waals surface area contributed by atoms with Crippen LogP contribution >= 0.6 is 0 Å². The highest BCUT2D eigenvalue weighted by molar-refractivity contribution is 5.38. The topological polar surface area (TPSA) is 48.7 Å². The lowest BCUT2D eigenvalue weighted by atomic mass is 9.83. The van der Waals surface area contributed by atoms with Gasteiger partial charge < -0.3 is 5.32 Å². The van der Waals surface area contributed by atoms with Crippen LogP contribution in [0.5, 0.6) is 0 Å². The Balaban J connectivity index is 1.99. The van der Waals surface area contributed by atoms with Crippen LogP contribution in [0.1, 0.15) is 44.7 Å². The molecule has 3 heteroatoms. The Bertz CT molecular complexity index is 414. The highest BCUT2D eigenvalue weighted by Gasteiger charge is 2.31. The van der Waals surface area contributed by atoms with Crippen molar-refractivity contribution >= 4 is 5.82 Å². The van der Waals surface area contributed by atoms with E-state index in [0.29, 0.717) is 11.1 Å². The van der Waals surface area contributed by atoms with Crippen molar-refractivity contribution < 1.29 is 0 Å². The normalized spacial score (nSPS) is 17.6. The molecule has 1 aromatic rings. The van der Waals surface area contributed by atoms with Crippen LogP contribution in [0.2, 0.25) is 0 Å². The standard InChI is InChI=1S/C14H19N3/c1-2-14(8-3-4-9-14)11-16-13-7-5-6-12(10-15)17-13/h5-7H,2-4,8-9,11H2,1H3,(H,16,17). The number of nitriles is 1. The highest BCUT2D eigenvalue weighted by Crippen LogP contribution is 2.40. The summed E-state index contributed by atoms with van der Waals surface area (Å²) in [5, 5.41) is 12.2. The van der Waals surface area contributed by atoms with E-state index >= 15 is 0 Å². The molecule has 17 heavy (non-hydrogen) atoms. The Labute approximate surface area is 103 Å². The summed E-state index contributed by atoms with van der Waals surface area (Å²) >= 11 is 0. The van der Waals surface area contributed by atoms with E-state index in [4.69, 9.17) is 5.26 Å². The third-order valence-electron chi connectivity index (χ3n) is 3.92. The number of aromatic nitrogens is 1. The maximum absolute atomic E-state index is 8.80. The zero-order valence-corrected chi connectivity index (χ0v) is 10.4. The fourth-order valence-corrected chi connectivity index (χ4v) is 2.65. The van der Waals surface area contributed by atoms with Crippen molar-refractivity contribution in [1.29, 1.82) is 5.26 Å². The van der Waals surface area contributed by atoms with Gasteiger partial charge in [-0.05, 0) is 36.8 Å². The van der Waals surface area contributed by atoms with E-state index in [1.165, 1.54) is 32.1 Å². The maximum atomic E-state index is 8.80. The Morgan fingerprint density at radius 2 is 2.18 bits per heavy atom. The van der Waals surface area contributed by atoms with E-state index in [1.807, 2.05) is 12.1 Å². The van der Waals surface area contributed by atoms with Crippen LogP contribution in [0, 0.1) is 16.7 Å². The van der Waals surface area contributed by atoms with Crippen molar-refractivity contribution in [1.82, 2.24) is 4.98 Å². The summed E-state index contributed by atoms with van der Waals surface area (Å²) in [4.78, 5) is 4.25.